The van der Waals surface area contributed by atoms with Crippen LogP contribution in [0.5, 0.6) is 0 Å². The molecule has 1 aromatic carbocycles. The van der Waals surface area contributed by atoms with Crippen molar-refractivity contribution in [2.24, 2.45) is 0 Å². The Balaban J connectivity index is 3.66. The van der Waals surface area contributed by atoms with Gasteiger partial charge in [0.25, 0.3) is 0 Å². The molecule has 0 spiro atoms. The Hall–Kier alpha value is -1.59. The molecule has 0 aromatic heterocycles. The van der Waals surface area contributed by atoms with Crippen LogP contribution in [0.4, 0.5) is 0 Å². The van der Waals surface area contributed by atoms with Crippen molar-refractivity contribution < 1.29 is 0 Å². The zero-order valence-electron chi connectivity index (χ0n) is 12.3. The van der Waals surface area contributed by atoms with Crippen molar-refractivity contribution in [3.63, 3.8) is 0 Å². The summed E-state index contributed by atoms with van der Waals surface area (Å²) in [6.07, 6.45) is 4.71. The molecule has 0 saturated heterocycles. The first-order valence-electron chi connectivity index (χ1n) is 6.60. The van der Waals surface area contributed by atoms with Crippen LogP contribution in [-0.2, 0) is 6.42 Å². The topological polar surface area (TPSA) is 23.8 Å². The van der Waals surface area contributed by atoms with E-state index in [4.69, 9.17) is 0 Å². The van der Waals surface area contributed by atoms with E-state index >= 15 is 0 Å². The van der Waals surface area contributed by atoms with Gasteiger partial charge in [0.15, 0.2) is 0 Å². The minimum absolute atomic E-state index is 0.222. The van der Waals surface area contributed by atoms with E-state index in [1.54, 1.807) is 0 Å². The molecular formula is C18H20BrN. The van der Waals surface area contributed by atoms with Crippen LogP contribution in [0.25, 0.3) is 4.48 Å². The van der Waals surface area contributed by atoms with Gasteiger partial charge in [-0.1, -0.05) is 47.2 Å². The molecule has 104 valence electrons. The molecule has 0 fully saturated rings. The fraction of sp³-hybridized carbons (Fsp3) is 0.278. The fourth-order valence-corrected chi connectivity index (χ4v) is 2.59. The van der Waals surface area contributed by atoms with Crippen molar-refractivity contribution in [3.05, 3.63) is 65.3 Å². The third-order valence-electron chi connectivity index (χ3n) is 3.21. The maximum atomic E-state index is 9.23. The van der Waals surface area contributed by atoms with Crippen molar-refractivity contribution in [2.45, 2.75) is 33.1 Å². The van der Waals surface area contributed by atoms with Gasteiger partial charge in [0.2, 0.25) is 0 Å². The molecule has 0 radical (unpaired) electrons. The SMILES string of the molecule is C=CC(C)c1c(CC(=C)C)cc(C#N)cc1/C(Br)=C\C. The molecule has 0 amide bonds. The molecule has 20 heavy (non-hydrogen) atoms. The first kappa shape index (κ1) is 16.5. The molecule has 0 N–H and O–H groups in total. The van der Waals surface area contributed by atoms with Gasteiger partial charge in [0.05, 0.1) is 11.6 Å². The van der Waals surface area contributed by atoms with Crippen LogP contribution in [-0.4, -0.2) is 0 Å². The summed E-state index contributed by atoms with van der Waals surface area (Å²) < 4.78 is 1.00. The number of benzene rings is 1. The van der Waals surface area contributed by atoms with Crippen molar-refractivity contribution in [3.8, 4) is 6.07 Å². The van der Waals surface area contributed by atoms with E-state index in [9.17, 15) is 5.26 Å². The number of hydrogen-bond donors (Lipinski definition) is 0. The lowest BCUT2D eigenvalue weighted by molar-refractivity contribution is 0.931. The van der Waals surface area contributed by atoms with Gasteiger partial charge < -0.3 is 0 Å². The van der Waals surface area contributed by atoms with E-state index in [1.165, 1.54) is 5.56 Å². The predicted molar refractivity (Wildman–Crippen MR) is 90.9 cm³/mol. The Labute approximate surface area is 130 Å². The van der Waals surface area contributed by atoms with Crippen LogP contribution in [0.3, 0.4) is 0 Å². The van der Waals surface area contributed by atoms with E-state index in [1.807, 2.05) is 38.1 Å². The second-order valence-electron chi connectivity index (χ2n) is 5.00. The molecule has 2 heteroatoms. The average molecular weight is 330 g/mol. The second kappa shape index (κ2) is 7.26. The van der Waals surface area contributed by atoms with E-state index in [2.05, 4.69) is 42.1 Å². The molecular weight excluding hydrogens is 310 g/mol. The van der Waals surface area contributed by atoms with Gasteiger partial charge in [0, 0.05) is 4.48 Å². The van der Waals surface area contributed by atoms with E-state index < -0.39 is 0 Å². The quantitative estimate of drug-likeness (QED) is 0.633. The first-order valence-corrected chi connectivity index (χ1v) is 7.39. The van der Waals surface area contributed by atoms with Gasteiger partial charge in [-0.3, -0.25) is 0 Å². The maximum Gasteiger partial charge on any atom is 0.0991 e. The molecule has 0 heterocycles. The fourth-order valence-electron chi connectivity index (χ4n) is 2.26. The van der Waals surface area contributed by atoms with Crippen molar-refractivity contribution in [1.82, 2.24) is 0 Å². The Morgan fingerprint density at radius 2 is 2.15 bits per heavy atom. The lowest BCUT2D eigenvalue weighted by Gasteiger charge is -2.19. The summed E-state index contributed by atoms with van der Waals surface area (Å²) in [7, 11) is 0. The highest BCUT2D eigenvalue weighted by molar-refractivity contribution is 9.15. The molecule has 1 aromatic rings. The zero-order valence-corrected chi connectivity index (χ0v) is 13.9. The Morgan fingerprint density at radius 3 is 2.60 bits per heavy atom. The van der Waals surface area contributed by atoms with Crippen molar-refractivity contribution >= 4 is 20.4 Å². The van der Waals surface area contributed by atoms with Crippen LogP contribution in [0.2, 0.25) is 0 Å². The molecule has 0 saturated carbocycles. The summed E-state index contributed by atoms with van der Waals surface area (Å²) in [5, 5.41) is 9.23. The zero-order chi connectivity index (χ0) is 15.3. The first-order chi connectivity index (χ1) is 9.44. The highest BCUT2D eigenvalue weighted by Crippen LogP contribution is 2.34. The minimum atomic E-state index is 0.222. The average Bonchev–Trinajstić information content (AvgIpc) is 2.44. The molecule has 0 aliphatic carbocycles. The number of hydrogen-bond acceptors (Lipinski definition) is 1. The van der Waals surface area contributed by atoms with Crippen LogP contribution in [0.1, 0.15) is 48.9 Å². The standard InChI is InChI=1S/C18H20BrN/c1-6-13(5)18-15(8-12(3)4)9-14(11-20)10-16(18)17(19)7-2/h6-7,9-10,13H,1,3,8H2,2,4-5H3/b17-7+. The van der Waals surface area contributed by atoms with Gasteiger partial charge in [-0.25, -0.2) is 0 Å². The van der Waals surface area contributed by atoms with Crippen LogP contribution in [0, 0.1) is 11.3 Å². The monoisotopic (exact) mass is 329 g/mol. The van der Waals surface area contributed by atoms with Crippen LogP contribution < -0.4 is 0 Å². The van der Waals surface area contributed by atoms with Crippen LogP contribution in [0.15, 0.2) is 43.0 Å². The molecule has 1 rings (SSSR count). The summed E-state index contributed by atoms with van der Waals surface area (Å²) in [6.45, 7) is 14.0. The van der Waals surface area contributed by atoms with Gasteiger partial charge in [0.1, 0.15) is 0 Å². The Kier molecular flexibility index (Phi) is 5.98. The number of allylic oxidation sites excluding steroid dienone is 3. The van der Waals surface area contributed by atoms with Gasteiger partial charge in [-0.15, -0.1) is 6.58 Å². The summed E-state index contributed by atoms with van der Waals surface area (Å²) in [4.78, 5) is 0. The Bertz CT molecular complexity index is 603. The normalized spacial score (nSPS) is 12.7. The molecule has 0 bridgehead atoms. The third-order valence-corrected chi connectivity index (χ3v) is 4.09. The summed E-state index contributed by atoms with van der Waals surface area (Å²) in [6, 6.07) is 6.13. The summed E-state index contributed by atoms with van der Waals surface area (Å²) in [5.74, 6) is 0.222. The molecule has 0 aliphatic rings. The number of nitrogens with zero attached hydrogens (tertiary/aromatic N) is 1. The molecule has 0 aliphatic heterocycles. The minimum Gasteiger partial charge on any atom is -0.192 e. The highest BCUT2D eigenvalue weighted by atomic mass is 79.9. The largest absolute Gasteiger partial charge is 0.192 e. The Morgan fingerprint density at radius 1 is 1.50 bits per heavy atom. The van der Waals surface area contributed by atoms with E-state index in [-0.39, 0.29) is 5.92 Å². The molecule has 1 nitrogen and oxygen atoms in total. The van der Waals surface area contributed by atoms with Crippen molar-refractivity contribution in [1.29, 1.82) is 5.26 Å². The van der Waals surface area contributed by atoms with Gasteiger partial charge in [-0.05, 0) is 55.0 Å². The highest BCUT2D eigenvalue weighted by Gasteiger charge is 2.16. The third kappa shape index (κ3) is 3.71. The number of nitriles is 1. The summed E-state index contributed by atoms with van der Waals surface area (Å²) >= 11 is 3.59. The second-order valence-corrected chi connectivity index (χ2v) is 5.86. The lowest BCUT2D eigenvalue weighted by atomic mass is 9.86. The van der Waals surface area contributed by atoms with E-state index in [0.717, 1.165) is 27.6 Å². The van der Waals surface area contributed by atoms with Crippen molar-refractivity contribution in [2.75, 3.05) is 0 Å². The molecule has 1 atom stereocenters. The summed E-state index contributed by atoms with van der Waals surface area (Å²) in [5.41, 5.74) is 5.19. The van der Waals surface area contributed by atoms with E-state index in [0.29, 0.717) is 5.56 Å². The number of rotatable bonds is 5. The number of halogens is 1. The predicted octanol–water partition coefficient (Wildman–Crippen LogP) is 5.72. The molecule has 1 unspecified atom stereocenters. The smallest absolute Gasteiger partial charge is 0.0991 e. The maximum absolute atomic E-state index is 9.23. The van der Waals surface area contributed by atoms with Gasteiger partial charge >= 0.3 is 0 Å². The lowest BCUT2D eigenvalue weighted by Crippen LogP contribution is -2.03. The van der Waals surface area contributed by atoms with Crippen LogP contribution >= 0.6 is 15.9 Å². The van der Waals surface area contributed by atoms with Gasteiger partial charge in [-0.2, -0.15) is 5.26 Å².